The summed E-state index contributed by atoms with van der Waals surface area (Å²) in [6.07, 6.45) is 0.373. The summed E-state index contributed by atoms with van der Waals surface area (Å²) in [5.74, 6) is 0.365. The zero-order valence-corrected chi connectivity index (χ0v) is 22.1. The van der Waals surface area contributed by atoms with Crippen molar-refractivity contribution >= 4 is 29.2 Å². The lowest BCUT2D eigenvalue weighted by Crippen LogP contribution is -2.39. The van der Waals surface area contributed by atoms with Crippen LogP contribution in [0.4, 0.5) is 36.4 Å². The van der Waals surface area contributed by atoms with E-state index in [1.807, 2.05) is 6.92 Å². The summed E-state index contributed by atoms with van der Waals surface area (Å²) in [6.45, 7) is 6.39. The normalized spacial score (nSPS) is 14.0. The summed E-state index contributed by atoms with van der Waals surface area (Å²) >= 11 is 0. The molecule has 0 bridgehead atoms. The van der Waals surface area contributed by atoms with E-state index in [0.717, 1.165) is 37.3 Å². The first-order chi connectivity index (χ1) is 19.7. The van der Waals surface area contributed by atoms with Crippen molar-refractivity contribution in [3.05, 3.63) is 77.9 Å². The number of hydrogen-bond donors (Lipinski definition) is 3. The standard InChI is InChI=1S/C27H28F3N9O2/c1-18-5-6-19(23(40)33-21-4-2-3-20(16-21)27(28,29)30)15-22(18)34-25-35-24(32-8-9-38-11-13-41-14-12-38)36-26(37-25)39-10-7-31-17-39/h2-7,10,15-17H,8-9,11-14H2,1H3,(H,33,40)(H2,32,34,35,36,37). The highest BCUT2D eigenvalue weighted by Gasteiger charge is 2.30. The monoisotopic (exact) mass is 567 g/mol. The van der Waals surface area contributed by atoms with Crippen molar-refractivity contribution in [3.8, 4) is 5.95 Å². The number of rotatable bonds is 9. The minimum absolute atomic E-state index is 0.0372. The van der Waals surface area contributed by atoms with Gasteiger partial charge in [-0.25, -0.2) is 4.98 Å². The highest BCUT2D eigenvalue weighted by atomic mass is 19.4. The third-order valence-electron chi connectivity index (χ3n) is 6.37. The Morgan fingerprint density at radius 2 is 1.85 bits per heavy atom. The molecule has 41 heavy (non-hydrogen) atoms. The molecule has 11 nitrogen and oxygen atoms in total. The molecule has 0 atom stereocenters. The van der Waals surface area contributed by atoms with Gasteiger partial charge in [-0.3, -0.25) is 14.3 Å². The van der Waals surface area contributed by atoms with E-state index in [9.17, 15) is 18.0 Å². The number of alkyl halides is 3. The number of carbonyl (C=O) groups excluding carboxylic acids is 1. The molecule has 1 amide bonds. The van der Waals surface area contributed by atoms with Crippen molar-refractivity contribution in [2.24, 2.45) is 0 Å². The molecule has 1 saturated heterocycles. The number of carbonyl (C=O) groups is 1. The van der Waals surface area contributed by atoms with Crippen molar-refractivity contribution < 1.29 is 22.7 Å². The highest BCUT2D eigenvalue weighted by Crippen LogP contribution is 2.31. The van der Waals surface area contributed by atoms with E-state index in [0.29, 0.717) is 37.3 Å². The molecule has 0 radical (unpaired) electrons. The number of ether oxygens (including phenoxy) is 1. The summed E-state index contributed by atoms with van der Waals surface area (Å²) in [5, 5.41) is 8.92. The van der Waals surface area contributed by atoms with Crippen molar-refractivity contribution in [2.75, 3.05) is 55.3 Å². The second-order valence-corrected chi connectivity index (χ2v) is 9.32. The molecule has 3 heterocycles. The Kier molecular flexibility index (Phi) is 8.40. The maximum Gasteiger partial charge on any atom is 0.416 e. The van der Waals surface area contributed by atoms with Crippen LogP contribution in [0.1, 0.15) is 21.5 Å². The number of aromatic nitrogens is 5. The third kappa shape index (κ3) is 7.35. The average Bonchev–Trinajstić information content (AvgIpc) is 3.50. The number of benzene rings is 2. The lowest BCUT2D eigenvalue weighted by molar-refractivity contribution is -0.137. The summed E-state index contributed by atoms with van der Waals surface area (Å²) in [5.41, 5.74) is 0.772. The molecule has 2 aromatic carbocycles. The van der Waals surface area contributed by atoms with Crippen LogP contribution in [0.2, 0.25) is 0 Å². The van der Waals surface area contributed by atoms with Crippen molar-refractivity contribution in [1.82, 2.24) is 29.4 Å². The fourth-order valence-electron chi connectivity index (χ4n) is 4.14. The van der Waals surface area contributed by atoms with E-state index in [1.165, 1.54) is 12.1 Å². The van der Waals surface area contributed by atoms with Gasteiger partial charge in [0.1, 0.15) is 6.33 Å². The van der Waals surface area contributed by atoms with E-state index in [-0.39, 0.29) is 17.2 Å². The molecule has 1 aliphatic rings. The first kappa shape index (κ1) is 28.0. The molecular weight excluding hydrogens is 539 g/mol. The van der Waals surface area contributed by atoms with Gasteiger partial charge in [0.25, 0.3) is 5.91 Å². The maximum atomic E-state index is 13.1. The largest absolute Gasteiger partial charge is 0.416 e. The Bertz CT molecular complexity index is 1490. The minimum atomic E-state index is -4.52. The number of imidazole rings is 1. The number of hydrogen-bond acceptors (Lipinski definition) is 9. The van der Waals surface area contributed by atoms with Crippen LogP contribution in [-0.2, 0) is 10.9 Å². The lowest BCUT2D eigenvalue weighted by Gasteiger charge is -2.26. The van der Waals surface area contributed by atoms with Gasteiger partial charge in [0.15, 0.2) is 0 Å². The molecular formula is C27H28F3N9O2. The number of morpholine rings is 1. The summed E-state index contributed by atoms with van der Waals surface area (Å²) in [4.78, 5) is 32.8. The third-order valence-corrected chi connectivity index (χ3v) is 6.37. The topological polar surface area (TPSA) is 122 Å². The van der Waals surface area contributed by atoms with Gasteiger partial charge >= 0.3 is 6.18 Å². The molecule has 0 saturated carbocycles. The predicted molar refractivity (Wildman–Crippen MR) is 147 cm³/mol. The van der Waals surface area contributed by atoms with Gasteiger partial charge in [-0.05, 0) is 42.8 Å². The molecule has 0 spiro atoms. The molecule has 1 fully saturated rings. The molecule has 0 aliphatic carbocycles. The number of nitrogens with one attached hydrogen (secondary N) is 3. The number of aryl methyl sites for hydroxylation is 1. The molecule has 5 rings (SSSR count). The van der Waals surface area contributed by atoms with Crippen LogP contribution in [0, 0.1) is 6.92 Å². The Balaban J connectivity index is 1.34. The number of nitrogens with zero attached hydrogens (tertiary/aromatic N) is 6. The molecule has 4 aromatic rings. The Morgan fingerprint density at radius 1 is 1.05 bits per heavy atom. The molecule has 1 aliphatic heterocycles. The maximum absolute atomic E-state index is 13.1. The Morgan fingerprint density at radius 3 is 2.61 bits per heavy atom. The zero-order valence-electron chi connectivity index (χ0n) is 22.1. The van der Waals surface area contributed by atoms with Gasteiger partial charge in [0.05, 0.1) is 18.8 Å². The summed E-state index contributed by atoms with van der Waals surface area (Å²) < 4.78 is 46.3. The molecule has 3 N–H and O–H groups in total. The number of halogens is 3. The first-order valence-corrected chi connectivity index (χ1v) is 12.9. The van der Waals surface area contributed by atoms with E-state index in [1.54, 1.807) is 41.5 Å². The van der Waals surface area contributed by atoms with E-state index >= 15 is 0 Å². The molecule has 2 aromatic heterocycles. The number of anilines is 4. The van der Waals surface area contributed by atoms with Crippen LogP contribution >= 0.6 is 0 Å². The second kappa shape index (κ2) is 12.3. The molecule has 14 heteroatoms. The molecule has 0 unspecified atom stereocenters. The van der Waals surface area contributed by atoms with E-state index in [4.69, 9.17) is 4.74 Å². The highest BCUT2D eigenvalue weighted by molar-refractivity contribution is 6.05. The smallest absolute Gasteiger partial charge is 0.379 e. The average molecular weight is 568 g/mol. The first-order valence-electron chi connectivity index (χ1n) is 12.9. The van der Waals surface area contributed by atoms with Gasteiger partial charge in [-0.15, -0.1) is 0 Å². The SMILES string of the molecule is Cc1ccc(C(=O)Nc2cccc(C(F)(F)F)c2)cc1Nc1nc(NCCN2CCOCC2)nc(-n2ccnc2)n1. The van der Waals surface area contributed by atoms with Gasteiger partial charge in [0.2, 0.25) is 17.8 Å². The fourth-order valence-corrected chi connectivity index (χ4v) is 4.14. The lowest BCUT2D eigenvalue weighted by atomic mass is 10.1. The van der Waals surface area contributed by atoms with Gasteiger partial charge in [-0.2, -0.15) is 28.1 Å². The molecule has 214 valence electrons. The van der Waals surface area contributed by atoms with E-state index in [2.05, 4.69) is 40.8 Å². The second-order valence-electron chi connectivity index (χ2n) is 9.32. The summed E-state index contributed by atoms with van der Waals surface area (Å²) in [7, 11) is 0. The van der Waals surface area contributed by atoms with Gasteiger partial charge in [-0.1, -0.05) is 12.1 Å². The van der Waals surface area contributed by atoms with Crippen molar-refractivity contribution in [3.63, 3.8) is 0 Å². The van der Waals surface area contributed by atoms with Gasteiger partial charge < -0.3 is 20.7 Å². The van der Waals surface area contributed by atoms with Crippen molar-refractivity contribution in [1.29, 1.82) is 0 Å². The Hall–Kier alpha value is -4.56. The zero-order chi connectivity index (χ0) is 28.8. The van der Waals surface area contributed by atoms with Crippen molar-refractivity contribution in [2.45, 2.75) is 13.1 Å². The number of amides is 1. The quantitative estimate of drug-likeness (QED) is 0.274. The van der Waals surface area contributed by atoms with Crippen LogP contribution in [-0.4, -0.2) is 74.7 Å². The fraction of sp³-hybridized carbons (Fsp3) is 0.296. The van der Waals surface area contributed by atoms with Crippen LogP contribution < -0.4 is 16.0 Å². The Labute approximate surface area is 233 Å². The van der Waals surface area contributed by atoms with Crippen LogP contribution in [0.3, 0.4) is 0 Å². The van der Waals surface area contributed by atoms with Crippen LogP contribution in [0.5, 0.6) is 0 Å². The van der Waals surface area contributed by atoms with E-state index < -0.39 is 17.6 Å². The van der Waals surface area contributed by atoms with Crippen LogP contribution in [0.15, 0.2) is 61.2 Å². The van der Waals surface area contributed by atoms with Gasteiger partial charge in [0, 0.05) is 55.5 Å². The predicted octanol–water partition coefficient (Wildman–Crippen LogP) is 4.12. The van der Waals surface area contributed by atoms with Crippen LogP contribution in [0.25, 0.3) is 5.95 Å². The minimum Gasteiger partial charge on any atom is -0.379 e. The summed E-state index contributed by atoms with van der Waals surface area (Å²) in [6, 6.07) is 9.38.